The molecule has 164 valence electrons. The fourth-order valence-electron chi connectivity index (χ4n) is 4.43. The highest BCUT2D eigenvalue weighted by Gasteiger charge is 2.27. The second-order valence-electron chi connectivity index (χ2n) is 8.69. The molecule has 0 aliphatic carbocycles. The first-order chi connectivity index (χ1) is 15.4. The molecule has 0 aromatic carbocycles. The van der Waals surface area contributed by atoms with E-state index in [-0.39, 0.29) is 11.6 Å². The second-order valence-corrected chi connectivity index (χ2v) is 8.69. The van der Waals surface area contributed by atoms with Crippen LogP contribution in [0.15, 0.2) is 72.5 Å². The molecule has 5 rings (SSSR count). The zero-order valence-corrected chi connectivity index (χ0v) is 18.5. The number of aromatic nitrogens is 2. The van der Waals surface area contributed by atoms with E-state index in [2.05, 4.69) is 35.0 Å². The number of likely N-dealkylation sites (N-methyl/N-ethyl adjacent to an activating group) is 1. The average Bonchev–Trinajstić information content (AvgIpc) is 3.38. The maximum atomic E-state index is 14.6. The normalized spacial score (nSPS) is 22.6. The number of nitrogens with zero attached hydrogens (tertiary/aromatic N) is 5. The van der Waals surface area contributed by atoms with Gasteiger partial charge in [0.25, 0.3) is 5.91 Å². The lowest BCUT2D eigenvalue weighted by atomic mass is 10.0. The lowest BCUT2D eigenvalue weighted by Gasteiger charge is -2.29. The SMILES string of the molecule is Cc1cn2cc(C3=CC(=O)N4C=C(N5CC[C@@H](N(C)C)C5)C=C/C4=C\C=C3)cc(F)c2n1. The molecule has 3 aliphatic heterocycles. The minimum Gasteiger partial charge on any atom is -0.369 e. The van der Waals surface area contributed by atoms with Crippen LogP contribution in [0.1, 0.15) is 17.7 Å². The Morgan fingerprint density at radius 3 is 2.75 bits per heavy atom. The Morgan fingerprint density at radius 2 is 1.97 bits per heavy atom. The predicted octanol–water partition coefficient (Wildman–Crippen LogP) is 3.49. The lowest BCUT2D eigenvalue weighted by molar-refractivity contribution is -0.122. The molecule has 32 heavy (non-hydrogen) atoms. The molecule has 1 saturated heterocycles. The summed E-state index contributed by atoms with van der Waals surface area (Å²) >= 11 is 0. The van der Waals surface area contributed by atoms with Crippen molar-refractivity contribution in [1.29, 1.82) is 0 Å². The van der Waals surface area contributed by atoms with Gasteiger partial charge in [0, 0.05) is 55.1 Å². The summed E-state index contributed by atoms with van der Waals surface area (Å²) in [5, 5.41) is 0. The van der Waals surface area contributed by atoms with Crippen molar-refractivity contribution in [2.45, 2.75) is 19.4 Å². The number of carbonyl (C=O) groups excluding carboxylic acids is 1. The van der Waals surface area contributed by atoms with Gasteiger partial charge < -0.3 is 14.2 Å². The number of amides is 1. The summed E-state index contributed by atoms with van der Waals surface area (Å²) in [6, 6.07) is 1.94. The molecule has 0 saturated carbocycles. The van der Waals surface area contributed by atoms with Gasteiger partial charge in [-0.3, -0.25) is 9.69 Å². The van der Waals surface area contributed by atoms with E-state index >= 15 is 0 Å². The molecule has 1 amide bonds. The topological polar surface area (TPSA) is 44.1 Å². The van der Waals surface area contributed by atoms with E-state index in [0.717, 1.165) is 36.6 Å². The van der Waals surface area contributed by atoms with Crippen LogP contribution in [0, 0.1) is 12.7 Å². The van der Waals surface area contributed by atoms with E-state index in [9.17, 15) is 9.18 Å². The van der Waals surface area contributed by atoms with Crippen LogP contribution in [0.2, 0.25) is 0 Å². The van der Waals surface area contributed by atoms with E-state index in [0.29, 0.717) is 17.2 Å². The largest absolute Gasteiger partial charge is 0.369 e. The van der Waals surface area contributed by atoms with Crippen LogP contribution in [-0.2, 0) is 4.79 Å². The number of hydrogen-bond donors (Lipinski definition) is 0. The van der Waals surface area contributed by atoms with Crippen molar-refractivity contribution in [3.8, 4) is 0 Å². The number of halogens is 1. The molecule has 1 atom stereocenters. The molecular formula is C25H26FN5O. The first-order valence-corrected chi connectivity index (χ1v) is 10.8. The quantitative estimate of drug-likeness (QED) is 0.746. The molecule has 0 radical (unpaired) electrons. The predicted molar refractivity (Wildman–Crippen MR) is 123 cm³/mol. The average molecular weight is 432 g/mol. The van der Waals surface area contributed by atoms with Crippen LogP contribution in [-0.4, -0.2) is 63.2 Å². The Kier molecular flexibility index (Phi) is 5.06. The maximum absolute atomic E-state index is 14.6. The van der Waals surface area contributed by atoms with E-state index < -0.39 is 5.82 Å². The van der Waals surface area contributed by atoms with Crippen molar-refractivity contribution >= 4 is 17.1 Å². The molecule has 0 N–H and O–H groups in total. The van der Waals surface area contributed by atoms with Crippen molar-refractivity contribution in [2.75, 3.05) is 27.2 Å². The fourth-order valence-corrected chi connectivity index (χ4v) is 4.43. The molecule has 0 bridgehead atoms. The zero-order chi connectivity index (χ0) is 22.4. The van der Waals surface area contributed by atoms with Crippen molar-refractivity contribution in [2.24, 2.45) is 0 Å². The van der Waals surface area contributed by atoms with Gasteiger partial charge in [-0.2, -0.15) is 0 Å². The monoisotopic (exact) mass is 431 g/mol. The molecular weight excluding hydrogens is 405 g/mol. The highest BCUT2D eigenvalue weighted by molar-refractivity contribution is 5.99. The summed E-state index contributed by atoms with van der Waals surface area (Å²) in [4.78, 5) is 23.7. The Morgan fingerprint density at radius 1 is 1.16 bits per heavy atom. The number of allylic oxidation sites excluding steroid dienone is 6. The molecule has 5 heterocycles. The molecule has 0 spiro atoms. The van der Waals surface area contributed by atoms with Crippen molar-refractivity contribution < 1.29 is 9.18 Å². The Hall–Kier alpha value is -3.45. The standard InChI is InChI=1S/C25H26FN5O/c1-17-13-30-14-19(11-23(26)25(30)27-17)18-5-4-6-20-7-8-22(16-31(20)24(32)12-18)29-10-9-21(15-29)28(2)3/h4-8,11-14,16,21H,9-10,15H2,1-3H3/b5-4?,18-12?,20-6+/t21-/m1/s1. The van der Waals surface area contributed by atoms with Gasteiger partial charge >= 0.3 is 0 Å². The lowest BCUT2D eigenvalue weighted by Crippen LogP contribution is -2.33. The summed E-state index contributed by atoms with van der Waals surface area (Å²) in [7, 11) is 4.21. The van der Waals surface area contributed by atoms with Crippen LogP contribution in [0.25, 0.3) is 11.2 Å². The van der Waals surface area contributed by atoms with Gasteiger partial charge in [-0.05, 0) is 57.3 Å². The number of pyridine rings is 1. The summed E-state index contributed by atoms with van der Waals surface area (Å²) in [5.74, 6) is -0.577. The number of aryl methyl sites for hydroxylation is 1. The van der Waals surface area contributed by atoms with Gasteiger partial charge in [0.1, 0.15) is 0 Å². The number of carbonyl (C=O) groups is 1. The van der Waals surface area contributed by atoms with Crippen molar-refractivity contribution in [1.82, 2.24) is 24.1 Å². The Bertz CT molecular complexity index is 1250. The third-order valence-corrected chi connectivity index (χ3v) is 6.24. The molecule has 2 aromatic rings. The van der Waals surface area contributed by atoms with Crippen LogP contribution in [0.5, 0.6) is 0 Å². The zero-order valence-electron chi connectivity index (χ0n) is 18.5. The summed E-state index contributed by atoms with van der Waals surface area (Å²) in [6.07, 6.45) is 17.8. The van der Waals surface area contributed by atoms with Gasteiger partial charge in [0.15, 0.2) is 11.5 Å². The van der Waals surface area contributed by atoms with Gasteiger partial charge in [-0.1, -0.05) is 12.2 Å². The minimum atomic E-state index is -0.414. The van der Waals surface area contributed by atoms with Gasteiger partial charge in [-0.15, -0.1) is 0 Å². The highest BCUT2D eigenvalue weighted by Crippen LogP contribution is 2.28. The second kappa shape index (κ2) is 7.91. The van der Waals surface area contributed by atoms with Crippen LogP contribution in [0.3, 0.4) is 0 Å². The number of rotatable bonds is 3. The smallest absolute Gasteiger partial charge is 0.255 e. The first kappa shape index (κ1) is 20.5. The van der Waals surface area contributed by atoms with Crippen LogP contribution < -0.4 is 0 Å². The Labute approximate surface area is 186 Å². The van der Waals surface area contributed by atoms with Crippen LogP contribution in [0.4, 0.5) is 4.39 Å². The number of imidazole rings is 1. The number of likely N-dealkylation sites (tertiary alicyclic amines) is 1. The van der Waals surface area contributed by atoms with E-state index in [1.54, 1.807) is 27.8 Å². The maximum Gasteiger partial charge on any atom is 0.255 e. The summed E-state index contributed by atoms with van der Waals surface area (Å²) < 4.78 is 16.3. The van der Waals surface area contributed by atoms with E-state index in [1.165, 1.54) is 6.07 Å². The molecule has 7 heteroatoms. The van der Waals surface area contributed by atoms with E-state index in [4.69, 9.17) is 0 Å². The molecule has 1 fully saturated rings. The Balaban J connectivity index is 1.46. The number of fused-ring (bicyclic) bond motifs is 2. The minimum absolute atomic E-state index is 0.164. The molecule has 3 aliphatic rings. The van der Waals surface area contributed by atoms with Crippen LogP contribution >= 0.6 is 0 Å². The summed E-state index contributed by atoms with van der Waals surface area (Å²) in [5.41, 5.74) is 4.13. The summed E-state index contributed by atoms with van der Waals surface area (Å²) in [6.45, 7) is 3.73. The third-order valence-electron chi connectivity index (χ3n) is 6.24. The highest BCUT2D eigenvalue weighted by atomic mass is 19.1. The van der Waals surface area contributed by atoms with Gasteiger partial charge in [0.05, 0.1) is 11.4 Å². The molecule has 2 aromatic heterocycles. The third kappa shape index (κ3) is 3.69. The van der Waals surface area contributed by atoms with Crippen molar-refractivity contribution in [3.63, 3.8) is 0 Å². The molecule has 6 nitrogen and oxygen atoms in total. The molecule has 0 unspecified atom stereocenters. The fraction of sp³-hybridized carbons (Fsp3) is 0.280. The first-order valence-electron chi connectivity index (χ1n) is 10.8. The number of hydrogen-bond acceptors (Lipinski definition) is 4. The van der Waals surface area contributed by atoms with E-state index in [1.807, 2.05) is 37.4 Å². The van der Waals surface area contributed by atoms with Gasteiger partial charge in [-0.25, -0.2) is 9.37 Å². The van der Waals surface area contributed by atoms with Crippen molar-refractivity contribution in [3.05, 3.63) is 89.6 Å². The van der Waals surface area contributed by atoms with Gasteiger partial charge in [0.2, 0.25) is 0 Å².